The van der Waals surface area contributed by atoms with Gasteiger partial charge in [-0.1, -0.05) is 0 Å². The van der Waals surface area contributed by atoms with Crippen LogP contribution in [0.1, 0.15) is 31.0 Å². The molecule has 0 aromatic carbocycles. The molecule has 0 unspecified atom stereocenters. The minimum Gasteiger partial charge on any atom is -0.257 e. The van der Waals surface area contributed by atoms with Crippen molar-refractivity contribution in [3.8, 4) is 0 Å². The summed E-state index contributed by atoms with van der Waals surface area (Å²) in [7, 11) is 0. The second kappa shape index (κ2) is 2.75. The Morgan fingerprint density at radius 3 is 2.54 bits per heavy atom. The van der Waals surface area contributed by atoms with Crippen LogP contribution in [-0.4, -0.2) is 9.78 Å². The van der Waals surface area contributed by atoms with Crippen molar-refractivity contribution in [2.24, 2.45) is 0 Å². The Bertz CT molecular complexity index is 299. The van der Waals surface area contributed by atoms with Gasteiger partial charge < -0.3 is 0 Å². The first-order valence-electron chi connectivity index (χ1n) is 4.20. The lowest BCUT2D eigenvalue weighted by Crippen LogP contribution is -2.23. The van der Waals surface area contributed by atoms with Gasteiger partial charge >= 0.3 is 6.18 Å². The van der Waals surface area contributed by atoms with Gasteiger partial charge in [-0.25, -0.2) is 0 Å². The zero-order chi connectivity index (χ0) is 9.47. The van der Waals surface area contributed by atoms with Crippen molar-refractivity contribution < 1.29 is 13.2 Å². The molecule has 0 N–H and O–H groups in total. The second-order valence-corrected chi connectivity index (χ2v) is 3.24. The van der Waals surface area contributed by atoms with Crippen molar-refractivity contribution in [3.05, 3.63) is 18.0 Å². The van der Waals surface area contributed by atoms with Crippen LogP contribution in [0, 0.1) is 0 Å². The Hall–Kier alpha value is -1.00. The van der Waals surface area contributed by atoms with E-state index in [0.717, 1.165) is 30.0 Å². The SMILES string of the molecule is FC(F)(F)c1ccnn1C1CCC1. The van der Waals surface area contributed by atoms with Crippen molar-refractivity contribution in [1.82, 2.24) is 9.78 Å². The lowest BCUT2D eigenvalue weighted by molar-refractivity contribution is -0.145. The maximum atomic E-state index is 12.3. The van der Waals surface area contributed by atoms with Crippen LogP contribution in [-0.2, 0) is 6.18 Å². The number of hydrogen-bond donors (Lipinski definition) is 0. The van der Waals surface area contributed by atoms with E-state index >= 15 is 0 Å². The highest BCUT2D eigenvalue weighted by Crippen LogP contribution is 2.36. The number of alkyl halides is 3. The summed E-state index contributed by atoms with van der Waals surface area (Å²) >= 11 is 0. The molecule has 0 spiro atoms. The molecule has 0 atom stereocenters. The minimum atomic E-state index is -4.27. The molecule has 0 aliphatic heterocycles. The Labute approximate surface area is 73.4 Å². The summed E-state index contributed by atoms with van der Waals surface area (Å²) in [6.07, 6.45) is -0.440. The molecule has 0 bridgehead atoms. The molecule has 1 saturated carbocycles. The van der Waals surface area contributed by atoms with Crippen LogP contribution >= 0.6 is 0 Å². The number of rotatable bonds is 1. The quantitative estimate of drug-likeness (QED) is 0.665. The fraction of sp³-hybridized carbons (Fsp3) is 0.625. The molecule has 5 heteroatoms. The average molecular weight is 190 g/mol. The summed E-state index contributed by atoms with van der Waals surface area (Å²) in [5, 5.41) is 3.70. The van der Waals surface area contributed by atoms with E-state index in [0.29, 0.717) is 0 Å². The monoisotopic (exact) mass is 190 g/mol. The topological polar surface area (TPSA) is 17.8 Å². The van der Waals surface area contributed by atoms with Crippen LogP contribution in [0.25, 0.3) is 0 Å². The first-order chi connectivity index (χ1) is 6.09. The lowest BCUT2D eigenvalue weighted by atomic mass is 9.93. The zero-order valence-electron chi connectivity index (χ0n) is 6.88. The molecular weight excluding hydrogens is 181 g/mol. The highest BCUT2D eigenvalue weighted by Gasteiger charge is 2.37. The van der Waals surface area contributed by atoms with E-state index in [4.69, 9.17) is 0 Å². The highest BCUT2D eigenvalue weighted by molar-refractivity contribution is 5.07. The van der Waals surface area contributed by atoms with Gasteiger partial charge in [-0.3, -0.25) is 4.68 Å². The third-order valence-corrected chi connectivity index (χ3v) is 2.38. The number of halogens is 3. The van der Waals surface area contributed by atoms with Gasteiger partial charge in [0.15, 0.2) is 0 Å². The first kappa shape index (κ1) is 8.59. The standard InChI is InChI=1S/C8H9F3N2/c9-8(10,11)7-4-5-12-13(7)6-2-1-3-6/h4-6H,1-3H2. The molecule has 0 amide bonds. The van der Waals surface area contributed by atoms with E-state index in [1.165, 1.54) is 6.20 Å². The van der Waals surface area contributed by atoms with Crippen molar-refractivity contribution >= 4 is 0 Å². The molecule has 72 valence electrons. The fourth-order valence-electron chi connectivity index (χ4n) is 1.46. The molecule has 1 aliphatic carbocycles. The van der Waals surface area contributed by atoms with Crippen LogP contribution in [0.15, 0.2) is 12.3 Å². The van der Waals surface area contributed by atoms with Crippen molar-refractivity contribution in [1.29, 1.82) is 0 Å². The Morgan fingerprint density at radius 1 is 1.38 bits per heavy atom. The number of hydrogen-bond acceptors (Lipinski definition) is 1. The van der Waals surface area contributed by atoms with Crippen molar-refractivity contribution in [3.63, 3.8) is 0 Å². The third-order valence-electron chi connectivity index (χ3n) is 2.38. The van der Waals surface area contributed by atoms with Gasteiger partial charge in [0.25, 0.3) is 0 Å². The van der Waals surface area contributed by atoms with Gasteiger partial charge in [0.1, 0.15) is 5.69 Å². The van der Waals surface area contributed by atoms with Crippen molar-refractivity contribution in [2.45, 2.75) is 31.5 Å². The van der Waals surface area contributed by atoms with E-state index in [-0.39, 0.29) is 6.04 Å². The van der Waals surface area contributed by atoms with Gasteiger partial charge in [0.05, 0.1) is 6.04 Å². The largest absolute Gasteiger partial charge is 0.433 e. The van der Waals surface area contributed by atoms with Crippen LogP contribution in [0.3, 0.4) is 0 Å². The smallest absolute Gasteiger partial charge is 0.257 e. The van der Waals surface area contributed by atoms with E-state index in [2.05, 4.69) is 5.10 Å². The Morgan fingerprint density at radius 2 is 2.08 bits per heavy atom. The molecule has 1 aliphatic rings. The van der Waals surface area contributed by atoms with Crippen LogP contribution in [0.2, 0.25) is 0 Å². The Kier molecular flexibility index (Phi) is 1.82. The van der Waals surface area contributed by atoms with Crippen LogP contribution in [0.4, 0.5) is 13.2 Å². The summed E-state index contributed by atoms with van der Waals surface area (Å²) < 4.78 is 38.1. The van der Waals surface area contributed by atoms with E-state index < -0.39 is 11.9 Å². The lowest BCUT2D eigenvalue weighted by Gasteiger charge is -2.27. The summed E-state index contributed by atoms with van der Waals surface area (Å²) in [5.41, 5.74) is -0.628. The maximum Gasteiger partial charge on any atom is 0.433 e. The molecular formula is C8H9F3N2. The highest BCUT2D eigenvalue weighted by atomic mass is 19.4. The minimum absolute atomic E-state index is 0.0355. The van der Waals surface area contributed by atoms with E-state index in [1.54, 1.807) is 0 Å². The molecule has 1 heterocycles. The number of nitrogens with zero attached hydrogens (tertiary/aromatic N) is 2. The first-order valence-corrected chi connectivity index (χ1v) is 4.20. The molecule has 1 aromatic rings. The molecule has 0 radical (unpaired) electrons. The molecule has 1 aromatic heterocycles. The van der Waals surface area contributed by atoms with Gasteiger partial charge in [0.2, 0.25) is 0 Å². The summed E-state index contributed by atoms with van der Waals surface area (Å²) in [4.78, 5) is 0. The van der Waals surface area contributed by atoms with Gasteiger partial charge in [0, 0.05) is 6.20 Å². The van der Waals surface area contributed by atoms with Gasteiger partial charge in [-0.15, -0.1) is 0 Å². The van der Waals surface area contributed by atoms with Gasteiger partial charge in [-0.05, 0) is 25.3 Å². The third kappa shape index (κ3) is 1.43. The van der Waals surface area contributed by atoms with Crippen molar-refractivity contribution in [2.75, 3.05) is 0 Å². The van der Waals surface area contributed by atoms with E-state index in [1.807, 2.05) is 0 Å². The zero-order valence-corrected chi connectivity index (χ0v) is 6.88. The number of aromatic nitrogens is 2. The Balaban J connectivity index is 2.30. The predicted octanol–water partition coefficient (Wildman–Crippen LogP) is 2.63. The maximum absolute atomic E-state index is 12.3. The van der Waals surface area contributed by atoms with Crippen LogP contribution in [0.5, 0.6) is 0 Å². The van der Waals surface area contributed by atoms with Crippen LogP contribution < -0.4 is 0 Å². The summed E-state index contributed by atoms with van der Waals surface area (Å²) in [5.74, 6) is 0. The fourth-order valence-corrected chi connectivity index (χ4v) is 1.46. The normalized spacial score (nSPS) is 18.7. The molecule has 13 heavy (non-hydrogen) atoms. The molecule has 2 nitrogen and oxygen atoms in total. The second-order valence-electron chi connectivity index (χ2n) is 3.24. The summed E-state index contributed by atoms with van der Waals surface area (Å²) in [6, 6.07) is 0.991. The van der Waals surface area contributed by atoms with E-state index in [9.17, 15) is 13.2 Å². The molecule has 1 fully saturated rings. The average Bonchev–Trinajstić information content (AvgIpc) is 2.29. The molecule has 2 rings (SSSR count). The summed E-state index contributed by atoms with van der Waals surface area (Å²) in [6.45, 7) is 0. The predicted molar refractivity (Wildman–Crippen MR) is 40.1 cm³/mol. The van der Waals surface area contributed by atoms with Gasteiger partial charge in [-0.2, -0.15) is 18.3 Å². The molecule has 0 saturated heterocycles.